The summed E-state index contributed by atoms with van der Waals surface area (Å²) in [4.78, 5) is 31.2. The second-order valence-corrected chi connectivity index (χ2v) is 7.58. The van der Waals surface area contributed by atoms with Gasteiger partial charge in [-0.2, -0.15) is 0 Å². The number of hydrogen-bond acceptors (Lipinski definition) is 5. The van der Waals surface area contributed by atoms with E-state index in [-0.39, 0.29) is 24.6 Å². The predicted molar refractivity (Wildman–Crippen MR) is 109 cm³/mol. The van der Waals surface area contributed by atoms with Crippen LogP contribution in [0.2, 0.25) is 0 Å². The first kappa shape index (κ1) is 19.1. The van der Waals surface area contributed by atoms with Gasteiger partial charge in [0.25, 0.3) is 5.56 Å². The summed E-state index contributed by atoms with van der Waals surface area (Å²) in [5.74, 6) is 0.453. The van der Waals surface area contributed by atoms with Gasteiger partial charge in [0.05, 0.1) is 23.8 Å². The van der Waals surface area contributed by atoms with Crippen molar-refractivity contribution in [2.45, 2.75) is 31.6 Å². The number of carbonyl (C=O) groups is 1. The third-order valence-corrected chi connectivity index (χ3v) is 5.28. The molecule has 0 saturated carbocycles. The highest BCUT2D eigenvalue weighted by Gasteiger charge is 2.41. The maximum atomic E-state index is 12.8. The minimum atomic E-state index is -1.20. The van der Waals surface area contributed by atoms with E-state index in [4.69, 9.17) is 4.74 Å². The molecule has 29 heavy (non-hydrogen) atoms. The molecule has 4 rings (SSSR count). The molecule has 3 aromatic rings. The number of aliphatic hydroxyl groups is 1. The molecule has 1 fully saturated rings. The van der Waals surface area contributed by atoms with Crippen LogP contribution in [0.5, 0.6) is 5.75 Å². The number of nitrogens with zero attached hydrogens (tertiary/aromatic N) is 3. The molecule has 150 valence electrons. The van der Waals surface area contributed by atoms with Crippen molar-refractivity contribution >= 4 is 16.8 Å². The molecule has 0 radical (unpaired) electrons. The van der Waals surface area contributed by atoms with Crippen molar-refractivity contribution in [3.63, 3.8) is 0 Å². The van der Waals surface area contributed by atoms with Gasteiger partial charge in [-0.15, -0.1) is 0 Å². The van der Waals surface area contributed by atoms with Crippen LogP contribution >= 0.6 is 0 Å². The number of ether oxygens (including phenoxy) is 1. The van der Waals surface area contributed by atoms with Crippen LogP contribution in [0.1, 0.15) is 13.3 Å². The van der Waals surface area contributed by atoms with Gasteiger partial charge < -0.3 is 14.7 Å². The number of hydrogen-bond donors (Lipinski definition) is 1. The second-order valence-electron chi connectivity index (χ2n) is 7.58. The molecule has 7 nitrogen and oxygen atoms in total. The van der Waals surface area contributed by atoms with Gasteiger partial charge in [0.1, 0.15) is 24.0 Å². The van der Waals surface area contributed by atoms with Crippen LogP contribution in [0.25, 0.3) is 10.9 Å². The molecule has 0 spiro atoms. The first-order valence-corrected chi connectivity index (χ1v) is 9.60. The topological polar surface area (TPSA) is 84.7 Å². The molecular weight excluding hydrogens is 370 g/mol. The van der Waals surface area contributed by atoms with Crippen molar-refractivity contribution in [2.75, 3.05) is 13.1 Å². The zero-order chi connectivity index (χ0) is 20.4. The van der Waals surface area contributed by atoms with E-state index in [9.17, 15) is 14.7 Å². The zero-order valence-electron chi connectivity index (χ0n) is 16.2. The average molecular weight is 393 g/mol. The molecule has 0 aliphatic carbocycles. The highest BCUT2D eigenvalue weighted by molar-refractivity contribution is 5.79. The Balaban J connectivity index is 1.45. The summed E-state index contributed by atoms with van der Waals surface area (Å²) >= 11 is 0. The SMILES string of the molecule is C[C@]1(O)CN(C(=O)Cn2cnc3ccccc3c2=O)CC[C@@H]1Oc1ccccc1. The molecule has 1 N–H and O–H groups in total. The van der Waals surface area contributed by atoms with Crippen LogP contribution in [0.4, 0.5) is 0 Å². The lowest BCUT2D eigenvalue weighted by molar-refractivity contribution is -0.146. The average Bonchev–Trinajstić information content (AvgIpc) is 2.72. The standard InChI is InChI=1S/C22H23N3O4/c1-22(28)14-24(12-11-19(22)29-16-7-3-2-4-8-16)20(26)13-25-15-23-18-10-6-5-9-17(18)21(25)27/h2-10,15,19,28H,11-14H2,1H3/t19-,22-/m0/s1. The molecule has 1 aromatic heterocycles. The largest absolute Gasteiger partial charge is 0.487 e. The van der Waals surface area contributed by atoms with Crippen molar-refractivity contribution in [3.05, 3.63) is 71.3 Å². The van der Waals surface area contributed by atoms with Crippen LogP contribution in [-0.4, -0.2) is 50.3 Å². The third kappa shape index (κ3) is 4.00. The molecule has 1 aliphatic heterocycles. The van der Waals surface area contributed by atoms with E-state index in [1.54, 1.807) is 30.0 Å². The quantitative estimate of drug-likeness (QED) is 0.731. The number of carbonyl (C=O) groups excluding carboxylic acids is 1. The van der Waals surface area contributed by atoms with Gasteiger partial charge in [0.15, 0.2) is 0 Å². The van der Waals surface area contributed by atoms with Crippen molar-refractivity contribution < 1.29 is 14.6 Å². The van der Waals surface area contributed by atoms with Crippen molar-refractivity contribution in [2.24, 2.45) is 0 Å². The smallest absolute Gasteiger partial charge is 0.261 e. The number of rotatable bonds is 4. The van der Waals surface area contributed by atoms with Gasteiger partial charge in [-0.3, -0.25) is 14.2 Å². The fourth-order valence-electron chi connectivity index (χ4n) is 3.68. The predicted octanol–water partition coefficient (Wildman–Crippen LogP) is 1.83. The van der Waals surface area contributed by atoms with Gasteiger partial charge >= 0.3 is 0 Å². The summed E-state index contributed by atoms with van der Waals surface area (Å²) in [6.07, 6.45) is 1.48. The van der Waals surface area contributed by atoms with Gasteiger partial charge in [-0.25, -0.2) is 4.98 Å². The van der Waals surface area contributed by atoms with Crippen molar-refractivity contribution in [3.8, 4) is 5.75 Å². The summed E-state index contributed by atoms with van der Waals surface area (Å²) in [7, 11) is 0. The van der Waals surface area contributed by atoms with Crippen LogP contribution in [0, 0.1) is 0 Å². The fraction of sp³-hybridized carbons (Fsp3) is 0.318. The highest BCUT2D eigenvalue weighted by atomic mass is 16.5. The van der Waals surface area contributed by atoms with Crippen molar-refractivity contribution in [1.82, 2.24) is 14.5 Å². The Hall–Kier alpha value is -3.19. The Morgan fingerprint density at radius 2 is 1.93 bits per heavy atom. The van der Waals surface area contributed by atoms with E-state index in [1.807, 2.05) is 36.4 Å². The summed E-state index contributed by atoms with van der Waals surface area (Å²) in [6, 6.07) is 16.4. The Kier molecular flexibility index (Phi) is 5.07. The maximum absolute atomic E-state index is 12.8. The van der Waals surface area contributed by atoms with Gasteiger partial charge in [0, 0.05) is 13.0 Å². The molecule has 7 heteroatoms. The molecule has 0 unspecified atom stereocenters. The highest BCUT2D eigenvalue weighted by Crippen LogP contribution is 2.26. The van der Waals surface area contributed by atoms with E-state index in [0.717, 1.165) is 0 Å². The van der Waals surface area contributed by atoms with Crippen LogP contribution < -0.4 is 10.3 Å². The Morgan fingerprint density at radius 1 is 1.21 bits per heavy atom. The number of aromatic nitrogens is 2. The van der Waals surface area contributed by atoms with E-state index in [1.165, 1.54) is 10.9 Å². The lowest BCUT2D eigenvalue weighted by Gasteiger charge is -2.42. The number of likely N-dealkylation sites (tertiary alicyclic amines) is 1. The number of benzene rings is 2. The number of para-hydroxylation sites is 2. The van der Waals surface area contributed by atoms with E-state index in [2.05, 4.69) is 4.98 Å². The summed E-state index contributed by atoms with van der Waals surface area (Å²) in [5, 5.41) is 11.4. The molecule has 0 bridgehead atoms. The van der Waals surface area contributed by atoms with Gasteiger partial charge in [-0.1, -0.05) is 30.3 Å². The Labute approximate surface area is 168 Å². The van der Waals surface area contributed by atoms with Gasteiger partial charge in [-0.05, 0) is 31.2 Å². The van der Waals surface area contributed by atoms with Crippen LogP contribution in [0.15, 0.2) is 65.7 Å². The molecule has 2 atom stereocenters. The van der Waals surface area contributed by atoms with E-state index >= 15 is 0 Å². The monoisotopic (exact) mass is 393 g/mol. The second kappa shape index (κ2) is 7.67. The van der Waals surface area contributed by atoms with Crippen molar-refractivity contribution in [1.29, 1.82) is 0 Å². The minimum absolute atomic E-state index is 0.114. The van der Waals surface area contributed by atoms with E-state index < -0.39 is 11.7 Å². The summed E-state index contributed by atoms with van der Waals surface area (Å²) in [6.45, 7) is 2.14. The van der Waals surface area contributed by atoms with Crippen LogP contribution in [-0.2, 0) is 11.3 Å². The number of piperidine rings is 1. The lowest BCUT2D eigenvalue weighted by atomic mass is 9.91. The molecular formula is C22H23N3O4. The zero-order valence-corrected chi connectivity index (χ0v) is 16.2. The van der Waals surface area contributed by atoms with Gasteiger partial charge in [0.2, 0.25) is 5.91 Å². The first-order valence-electron chi connectivity index (χ1n) is 9.60. The number of amides is 1. The molecule has 2 heterocycles. The Morgan fingerprint density at radius 3 is 2.69 bits per heavy atom. The Bertz CT molecular complexity index is 1080. The molecule has 1 saturated heterocycles. The van der Waals surface area contributed by atoms with Crippen LogP contribution in [0.3, 0.4) is 0 Å². The third-order valence-electron chi connectivity index (χ3n) is 5.28. The first-order chi connectivity index (χ1) is 13.9. The number of fused-ring (bicyclic) bond motifs is 1. The normalized spacial score (nSPS) is 21.9. The fourth-order valence-corrected chi connectivity index (χ4v) is 3.68. The summed E-state index contributed by atoms with van der Waals surface area (Å²) in [5.41, 5.74) is -0.850. The lowest BCUT2D eigenvalue weighted by Crippen LogP contribution is -2.59. The molecule has 2 aromatic carbocycles. The minimum Gasteiger partial charge on any atom is -0.487 e. The summed E-state index contributed by atoms with van der Waals surface area (Å²) < 4.78 is 7.24. The van der Waals surface area contributed by atoms with E-state index in [0.29, 0.717) is 29.6 Å². The number of β-amino-alcohol motifs (C(OH)–C–C–N with tert-alkyl or cyclic N) is 1. The maximum Gasteiger partial charge on any atom is 0.261 e. The molecule has 1 amide bonds. The molecule has 1 aliphatic rings.